The Morgan fingerprint density at radius 1 is 1.10 bits per heavy atom. The molecule has 2 aliphatic carbocycles. The standard InChI is InChI=1S/C16H28N2O2/c19-15(17-11-16(20)9-3-4-10-16)14-8-7-12-5-1-2-6-13(12)18-14/h12-14,18,20H,1-11H2,(H,17,19). The highest BCUT2D eigenvalue weighted by Crippen LogP contribution is 2.32. The lowest BCUT2D eigenvalue weighted by Gasteiger charge is -2.40. The number of carbonyl (C=O) groups excluding carboxylic acids is 1. The van der Waals surface area contributed by atoms with Gasteiger partial charge in [0.25, 0.3) is 0 Å². The van der Waals surface area contributed by atoms with E-state index in [4.69, 9.17) is 0 Å². The van der Waals surface area contributed by atoms with E-state index in [0.717, 1.165) is 38.0 Å². The summed E-state index contributed by atoms with van der Waals surface area (Å²) in [6, 6.07) is 0.502. The largest absolute Gasteiger partial charge is 0.388 e. The maximum absolute atomic E-state index is 12.3. The minimum atomic E-state index is -0.641. The van der Waals surface area contributed by atoms with Crippen LogP contribution in [-0.4, -0.2) is 35.2 Å². The van der Waals surface area contributed by atoms with Gasteiger partial charge in [-0.3, -0.25) is 4.79 Å². The van der Waals surface area contributed by atoms with E-state index >= 15 is 0 Å². The number of hydrogen-bond donors (Lipinski definition) is 3. The van der Waals surface area contributed by atoms with Crippen molar-refractivity contribution in [1.82, 2.24) is 10.6 Å². The Labute approximate surface area is 121 Å². The second kappa shape index (κ2) is 6.02. The van der Waals surface area contributed by atoms with E-state index in [9.17, 15) is 9.90 Å². The fourth-order valence-corrected chi connectivity index (χ4v) is 4.29. The van der Waals surface area contributed by atoms with Crippen molar-refractivity contribution in [2.75, 3.05) is 6.54 Å². The molecule has 0 aromatic heterocycles. The first-order valence-corrected chi connectivity index (χ1v) is 8.42. The molecule has 114 valence electrons. The number of aliphatic hydroxyl groups is 1. The van der Waals surface area contributed by atoms with Crippen LogP contribution in [-0.2, 0) is 4.79 Å². The molecule has 3 N–H and O–H groups in total. The Morgan fingerprint density at radius 3 is 2.65 bits per heavy atom. The first-order valence-electron chi connectivity index (χ1n) is 8.42. The van der Waals surface area contributed by atoms with Crippen LogP contribution in [0.25, 0.3) is 0 Å². The molecular weight excluding hydrogens is 252 g/mol. The number of fused-ring (bicyclic) bond motifs is 1. The quantitative estimate of drug-likeness (QED) is 0.737. The monoisotopic (exact) mass is 280 g/mol. The van der Waals surface area contributed by atoms with E-state index in [-0.39, 0.29) is 11.9 Å². The van der Waals surface area contributed by atoms with Crippen LogP contribution in [0.3, 0.4) is 0 Å². The fourth-order valence-electron chi connectivity index (χ4n) is 4.29. The Morgan fingerprint density at radius 2 is 1.85 bits per heavy atom. The third-order valence-electron chi connectivity index (χ3n) is 5.59. The van der Waals surface area contributed by atoms with Gasteiger partial charge in [-0.1, -0.05) is 25.7 Å². The van der Waals surface area contributed by atoms with Gasteiger partial charge >= 0.3 is 0 Å². The third-order valence-corrected chi connectivity index (χ3v) is 5.59. The number of piperidine rings is 1. The van der Waals surface area contributed by atoms with Crippen LogP contribution in [0.2, 0.25) is 0 Å². The summed E-state index contributed by atoms with van der Waals surface area (Å²) >= 11 is 0. The maximum atomic E-state index is 12.3. The number of carbonyl (C=O) groups is 1. The molecule has 1 saturated heterocycles. The van der Waals surface area contributed by atoms with Crippen molar-refractivity contribution in [2.24, 2.45) is 5.92 Å². The minimum Gasteiger partial charge on any atom is -0.388 e. The Balaban J connectivity index is 1.47. The van der Waals surface area contributed by atoms with Crippen molar-refractivity contribution in [3.63, 3.8) is 0 Å². The highest BCUT2D eigenvalue weighted by atomic mass is 16.3. The van der Waals surface area contributed by atoms with Crippen molar-refractivity contribution in [2.45, 2.75) is 81.9 Å². The molecule has 2 saturated carbocycles. The highest BCUT2D eigenvalue weighted by Gasteiger charge is 2.36. The molecule has 3 fully saturated rings. The van der Waals surface area contributed by atoms with Gasteiger partial charge in [0.05, 0.1) is 11.6 Å². The smallest absolute Gasteiger partial charge is 0.237 e. The van der Waals surface area contributed by atoms with Gasteiger partial charge in [-0.15, -0.1) is 0 Å². The molecule has 1 aliphatic heterocycles. The van der Waals surface area contributed by atoms with Crippen LogP contribution in [0.1, 0.15) is 64.2 Å². The molecule has 1 heterocycles. The molecule has 4 nitrogen and oxygen atoms in total. The van der Waals surface area contributed by atoms with Gasteiger partial charge in [0.15, 0.2) is 0 Å². The maximum Gasteiger partial charge on any atom is 0.237 e. The Bertz CT molecular complexity index is 352. The summed E-state index contributed by atoms with van der Waals surface area (Å²) in [6.45, 7) is 0.429. The molecule has 0 aromatic carbocycles. The van der Waals surface area contributed by atoms with Gasteiger partial charge in [0.2, 0.25) is 5.91 Å². The van der Waals surface area contributed by atoms with Gasteiger partial charge in [0, 0.05) is 12.6 Å². The molecule has 1 amide bonds. The molecule has 3 rings (SSSR count). The summed E-state index contributed by atoms with van der Waals surface area (Å²) < 4.78 is 0. The SMILES string of the molecule is O=C(NCC1(O)CCCC1)C1CCC2CCCCC2N1. The first-order chi connectivity index (χ1) is 9.66. The molecule has 0 spiro atoms. The van der Waals surface area contributed by atoms with Crippen LogP contribution in [0.5, 0.6) is 0 Å². The van der Waals surface area contributed by atoms with Crippen molar-refractivity contribution in [1.29, 1.82) is 0 Å². The molecule has 3 aliphatic rings. The molecule has 0 radical (unpaired) electrons. The summed E-state index contributed by atoms with van der Waals surface area (Å²) in [5, 5.41) is 16.8. The Kier molecular flexibility index (Phi) is 4.32. The molecule has 3 unspecified atom stereocenters. The van der Waals surface area contributed by atoms with E-state index < -0.39 is 5.60 Å². The van der Waals surface area contributed by atoms with Crippen molar-refractivity contribution in [3.05, 3.63) is 0 Å². The summed E-state index contributed by atoms with van der Waals surface area (Å²) in [5.74, 6) is 0.876. The fraction of sp³-hybridized carbons (Fsp3) is 0.938. The van der Waals surface area contributed by atoms with Gasteiger partial charge in [-0.05, 0) is 44.4 Å². The van der Waals surface area contributed by atoms with Crippen LogP contribution < -0.4 is 10.6 Å². The molecule has 0 aromatic rings. The van der Waals surface area contributed by atoms with Gasteiger partial charge in [0.1, 0.15) is 0 Å². The second-order valence-corrected chi connectivity index (χ2v) is 7.10. The number of rotatable bonds is 3. The topological polar surface area (TPSA) is 61.4 Å². The number of amides is 1. The van der Waals surface area contributed by atoms with E-state index in [1.807, 2.05) is 0 Å². The zero-order valence-electron chi connectivity index (χ0n) is 12.4. The summed E-state index contributed by atoms with van der Waals surface area (Å²) in [4.78, 5) is 12.3. The van der Waals surface area contributed by atoms with Gasteiger partial charge in [-0.25, -0.2) is 0 Å². The van der Waals surface area contributed by atoms with Gasteiger partial charge < -0.3 is 15.7 Å². The predicted octanol–water partition coefficient (Wildman–Crippen LogP) is 1.72. The zero-order valence-corrected chi connectivity index (χ0v) is 12.4. The van der Waals surface area contributed by atoms with Crippen LogP contribution in [0.4, 0.5) is 0 Å². The lowest BCUT2D eigenvalue weighted by molar-refractivity contribution is -0.125. The molecule has 0 bridgehead atoms. The second-order valence-electron chi connectivity index (χ2n) is 7.10. The summed E-state index contributed by atoms with van der Waals surface area (Å²) in [5.41, 5.74) is -0.641. The summed E-state index contributed by atoms with van der Waals surface area (Å²) in [7, 11) is 0. The van der Waals surface area contributed by atoms with Crippen LogP contribution >= 0.6 is 0 Å². The van der Waals surface area contributed by atoms with E-state index in [1.54, 1.807) is 0 Å². The van der Waals surface area contributed by atoms with Gasteiger partial charge in [-0.2, -0.15) is 0 Å². The molecule has 20 heavy (non-hydrogen) atoms. The van der Waals surface area contributed by atoms with Crippen molar-refractivity contribution >= 4 is 5.91 Å². The predicted molar refractivity (Wildman–Crippen MR) is 78.3 cm³/mol. The first kappa shape index (κ1) is 14.3. The average Bonchev–Trinajstić information content (AvgIpc) is 2.91. The zero-order chi connectivity index (χ0) is 14.0. The average molecular weight is 280 g/mol. The van der Waals surface area contributed by atoms with Crippen molar-refractivity contribution < 1.29 is 9.90 Å². The van der Waals surface area contributed by atoms with Crippen LogP contribution in [0, 0.1) is 5.92 Å². The van der Waals surface area contributed by atoms with E-state index in [0.29, 0.717) is 12.6 Å². The normalized spacial score (nSPS) is 36.4. The van der Waals surface area contributed by atoms with Crippen molar-refractivity contribution in [3.8, 4) is 0 Å². The minimum absolute atomic E-state index is 0.0423. The number of nitrogens with one attached hydrogen (secondary N) is 2. The molecule has 4 heteroatoms. The highest BCUT2D eigenvalue weighted by molar-refractivity contribution is 5.82. The third kappa shape index (κ3) is 3.17. The van der Waals surface area contributed by atoms with E-state index in [2.05, 4.69) is 10.6 Å². The van der Waals surface area contributed by atoms with Crippen LogP contribution in [0.15, 0.2) is 0 Å². The molecular formula is C16H28N2O2. The Hall–Kier alpha value is -0.610. The summed E-state index contributed by atoms with van der Waals surface area (Å²) in [6.07, 6.45) is 11.1. The molecule has 3 atom stereocenters. The lowest BCUT2D eigenvalue weighted by Crippen LogP contribution is -2.56. The number of hydrogen-bond acceptors (Lipinski definition) is 3. The van der Waals surface area contributed by atoms with E-state index in [1.165, 1.54) is 32.1 Å². The lowest BCUT2D eigenvalue weighted by atomic mass is 9.77.